The van der Waals surface area contributed by atoms with Gasteiger partial charge in [-0.1, -0.05) is 35.0 Å². The van der Waals surface area contributed by atoms with Gasteiger partial charge in [0, 0.05) is 30.6 Å². The maximum atomic E-state index is 12.0. The summed E-state index contributed by atoms with van der Waals surface area (Å²) in [5.41, 5.74) is 0.641. The summed E-state index contributed by atoms with van der Waals surface area (Å²) in [6.45, 7) is 2.75. The van der Waals surface area contributed by atoms with Gasteiger partial charge in [0.2, 0.25) is 5.91 Å². The highest BCUT2D eigenvalue weighted by Crippen LogP contribution is 2.20. The quantitative estimate of drug-likeness (QED) is 0.606. The number of ether oxygens (including phenoxy) is 1. The van der Waals surface area contributed by atoms with Crippen LogP contribution in [0.5, 0.6) is 0 Å². The van der Waals surface area contributed by atoms with E-state index in [0.717, 1.165) is 0 Å². The summed E-state index contributed by atoms with van der Waals surface area (Å²) in [6, 6.07) is 5.03. The predicted octanol–water partition coefficient (Wildman–Crippen LogP) is 3.15. The lowest BCUT2D eigenvalue weighted by atomic mass is 9.97. The number of amides is 1. The first kappa shape index (κ1) is 17.7. The van der Waals surface area contributed by atoms with Crippen molar-refractivity contribution in [1.29, 1.82) is 0 Å². The van der Waals surface area contributed by atoms with E-state index >= 15 is 0 Å². The van der Waals surface area contributed by atoms with Crippen LogP contribution < -0.4 is 0 Å². The van der Waals surface area contributed by atoms with E-state index in [1.807, 2.05) is 0 Å². The van der Waals surface area contributed by atoms with Gasteiger partial charge in [0.15, 0.2) is 6.61 Å². The first-order chi connectivity index (χ1) is 11.0. The Morgan fingerprint density at radius 3 is 2.61 bits per heavy atom. The number of likely N-dealkylation sites (tertiary alicyclic amines) is 1. The van der Waals surface area contributed by atoms with E-state index in [9.17, 15) is 9.59 Å². The van der Waals surface area contributed by atoms with Crippen LogP contribution in [-0.4, -0.2) is 36.5 Å². The molecule has 1 fully saturated rings. The second-order valence-corrected chi connectivity index (χ2v) is 6.16. The molecule has 0 N–H and O–H groups in total. The van der Waals surface area contributed by atoms with Gasteiger partial charge in [-0.15, -0.1) is 0 Å². The van der Waals surface area contributed by atoms with Crippen LogP contribution in [0.1, 0.15) is 25.3 Å². The van der Waals surface area contributed by atoms with E-state index in [0.29, 0.717) is 41.5 Å². The van der Waals surface area contributed by atoms with Gasteiger partial charge in [-0.05, 0) is 31.0 Å². The van der Waals surface area contributed by atoms with Crippen LogP contribution in [0.2, 0.25) is 10.0 Å². The van der Waals surface area contributed by atoms with Gasteiger partial charge in [0.25, 0.3) is 0 Å². The second kappa shape index (κ2) is 8.24. The van der Waals surface area contributed by atoms with E-state index in [2.05, 4.69) is 11.8 Å². The van der Waals surface area contributed by atoms with Crippen LogP contribution in [-0.2, 0) is 14.3 Å². The summed E-state index contributed by atoms with van der Waals surface area (Å²) in [5, 5.41) is 1.01. The van der Waals surface area contributed by atoms with Gasteiger partial charge in [0.1, 0.15) is 0 Å². The smallest absolute Gasteiger partial charge is 0.310 e. The summed E-state index contributed by atoms with van der Waals surface area (Å²) in [7, 11) is 0. The van der Waals surface area contributed by atoms with Gasteiger partial charge in [0.05, 0.1) is 10.9 Å². The Morgan fingerprint density at radius 1 is 1.30 bits per heavy atom. The number of halogens is 2. The fourth-order valence-corrected chi connectivity index (χ4v) is 2.83. The first-order valence-electron chi connectivity index (χ1n) is 7.33. The van der Waals surface area contributed by atoms with Crippen molar-refractivity contribution in [3.05, 3.63) is 33.8 Å². The monoisotopic (exact) mass is 353 g/mol. The number of nitrogens with zero attached hydrogens (tertiary/aromatic N) is 1. The molecule has 0 aromatic heterocycles. The molecule has 1 heterocycles. The zero-order valence-electron chi connectivity index (χ0n) is 12.8. The molecule has 1 aromatic rings. The van der Waals surface area contributed by atoms with Crippen molar-refractivity contribution < 1.29 is 14.3 Å². The first-order valence-corrected chi connectivity index (χ1v) is 8.09. The minimum absolute atomic E-state index is 0.0186. The van der Waals surface area contributed by atoms with Crippen LogP contribution >= 0.6 is 23.2 Å². The number of benzene rings is 1. The average molecular weight is 354 g/mol. The van der Waals surface area contributed by atoms with Crippen molar-refractivity contribution in [2.45, 2.75) is 19.8 Å². The number of esters is 1. The molecule has 23 heavy (non-hydrogen) atoms. The molecule has 0 atom stereocenters. The van der Waals surface area contributed by atoms with Crippen molar-refractivity contribution in [2.75, 3.05) is 19.7 Å². The molecule has 0 bridgehead atoms. The van der Waals surface area contributed by atoms with E-state index in [-0.39, 0.29) is 24.4 Å². The molecule has 0 aliphatic carbocycles. The Hall–Kier alpha value is -1.70. The largest absolute Gasteiger partial charge is 0.452 e. The Balaban J connectivity index is 1.80. The minimum Gasteiger partial charge on any atom is -0.452 e. The molecule has 2 rings (SSSR count). The molecule has 1 aliphatic heterocycles. The molecule has 1 amide bonds. The molecule has 1 aliphatic rings. The summed E-state index contributed by atoms with van der Waals surface area (Å²) in [5.74, 6) is 5.25. The van der Waals surface area contributed by atoms with E-state index in [1.165, 1.54) is 6.92 Å². The summed E-state index contributed by atoms with van der Waals surface area (Å²) in [4.78, 5) is 24.9. The normalized spacial score (nSPS) is 14.8. The molecular formula is C17H17Cl2NO3. The maximum Gasteiger partial charge on any atom is 0.310 e. The highest BCUT2D eigenvalue weighted by atomic mass is 35.5. The summed E-state index contributed by atoms with van der Waals surface area (Å²) in [6.07, 6.45) is 1.27. The SMILES string of the molecule is CC(=O)N1CCC(C(=O)OCC#Cc2ccc(Cl)cc2Cl)CC1. The number of hydrogen-bond donors (Lipinski definition) is 0. The van der Waals surface area contributed by atoms with Crippen molar-refractivity contribution in [3.63, 3.8) is 0 Å². The third kappa shape index (κ3) is 5.16. The maximum absolute atomic E-state index is 12.0. The van der Waals surface area contributed by atoms with E-state index in [1.54, 1.807) is 23.1 Å². The van der Waals surface area contributed by atoms with Crippen LogP contribution in [0.25, 0.3) is 0 Å². The molecule has 0 spiro atoms. The number of carbonyl (C=O) groups excluding carboxylic acids is 2. The standard InChI is InChI=1S/C17H17Cl2NO3/c1-12(21)20-8-6-14(7-9-20)17(22)23-10-2-3-13-4-5-15(18)11-16(13)19/h4-5,11,14H,6-10H2,1H3. The third-order valence-electron chi connectivity index (χ3n) is 3.71. The van der Waals surface area contributed by atoms with Crippen molar-refractivity contribution in [1.82, 2.24) is 4.90 Å². The van der Waals surface area contributed by atoms with E-state index < -0.39 is 0 Å². The predicted molar refractivity (Wildman–Crippen MR) is 89.3 cm³/mol. The van der Waals surface area contributed by atoms with Crippen molar-refractivity contribution in [3.8, 4) is 11.8 Å². The average Bonchev–Trinajstić information content (AvgIpc) is 2.53. The van der Waals surface area contributed by atoms with Gasteiger partial charge < -0.3 is 9.64 Å². The lowest BCUT2D eigenvalue weighted by Crippen LogP contribution is -2.39. The van der Waals surface area contributed by atoms with Gasteiger partial charge in [-0.2, -0.15) is 0 Å². The highest BCUT2D eigenvalue weighted by Gasteiger charge is 2.26. The molecule has 1 aromatic carbocycles. The number of carbonyl (C=O) groups is 2. The Morgan fingerprint density at radius 2 is 2.00 bits per heavy atom. The molecule has 0 unspecified atom stereocenters. The summed E-state index contributed by atoms with van der Waals surface area (Å²) >= 11 is 11.8. The third-order valence-corrected chi connectivity index (χ3v) is 4.26. The van der Waals surface area contributed by atoms with Gasteiger partial charge >= 0.3 is 5.97 Å². The molecule has 6 heteroatoms. The zero-order valence-corrected chi connectivity index (χ0v) is 14.3. The molecule has 1 saturated heterocycles. The van der Waals surface area contributed by atoms with Crippen molar-refractivity contribution in [2.24, 2.45) is 5.92 Å². The van der Waals surface area contributed by atoms with Crippen LogP contribution in [0.4, 0.5) is 0 Å². The van der Waals surface area contributed by atoms with Crippen LogP contribution in [0.3, 0.4) is 0 Å². The number of rotatable bonds is 2. The topological polar surface area (TPSA) is 46.6 Å². The van der Waals surface area contributed by atoms with Gasteiger partial charge in [-0.3, -0.25) is 9.59 Å². The molecule has 0 radical (unpaired) electrons. The van der Waals surface area contributed by atoms with Crippen LogP contribution in [0, 0.1) is 17.8 Å². The lowest BCUT2D eigenvalue weighted by Gasteiger charge is -2.29. The Labute approximate surface area is 145 Å². The molecule has 0 saturated carbocycles. The molecule has 4 nitrogen and oxygen atoms in total. The zero-order chi connectivity index (χ0) is 16.8. The van der Waals surface area contributed by atoms with Crippen molar-refractivity contribution >= 4 is 35.1 Å². The lowest BCUT2D eigenvalue weighted by molar-refractivity contribution is -0.150. The minimum atomic E-state index is -0.260. The van der Waals surface area contributed by atoms with Crippen LogP contribution in [0.15, 0.2) is 18.2 Å². The second-order valence-electron chi connectivity index (χ2n) is 5.31. The fourth-order valence-electron chi connectivity index (χ4n) is 2.38. The molecular weight excluding hydrogens is 337 g/mol. The Kier molecular flexibility index (Phi) is 6.32. The summed E-state index contributed by atoms with van der Waals surface area (Å²) < 4.78 is 5.18. The fraction of sp³-hybridized carbons (Fsp3) is 0.412. The Bertz CT molecular complexity index is 656. The number of piperidine rings is 1. The highest BCUT2D eigenvalue weighted by molar-refractivity contribution is 6.35. The molecule has 122 valence electrons. The number of hydrogen-bond acceptors (Lipinski definition) is 3. The van der Waals surface area contributed by atoms with Gasteiger partial charge in [-0.25, -0.2) is 0 Å². The van der Waals surface area contributed by atoms with E-state index in [4.69, 9.17) is 27.9 Å².